The molecule has 1 aromatic rings. The van der Waals surface area contributed by atoms with Crippen molar-refractivity contribution in [2.75, 3.05) is 7.11 Å². The van der Waals surface area contributed by atoms with Gasteiger partial charge in [0.1, 0.15) is 5.69 Å². The number of nitrogens with zero attached hydrogens (tertiary/aromatic N) is 3. The molecule has 0 aliphatic heterocycles. The van der Waals surface area contributed by atoms with Crippen molar-refractivity contribution in [2.45, 2.75) is 6.61 Å². The van der Waals surface area contributed by atoms with Crippen molar-refractivity contribution in [3.05, 3.63) is 30.1 Å². The quantitative estimate of drug-likeness (QED) is 0.565. The summed E-state index contributed by atoms with van der Waals surface area (Å²) in [6.07, 6.45) is 7.27. The fourth-order valence-electron chi connectivity index (χ4n) is 0.876. The topological polar surface area (TPSA) is 77.2 Å². The highest BCUT2D eigenvalue weighted by molar-refractivity contribution is 5.80. The van der Waals surface area contributed by atoms with E-state index in [9.17, 15) is 4.79 Å². The molecule has 1 N–H and O–H groups in total. The van der Waals surface area contributed by atoms with Gasteiger partial charge in [0.2, 0.25) is 0 Å². The van der Waals surface area contributed by atoms with Gasteiger partial charge in [-0.15, -0.1) is 5.10 Å². The van der Waals surface area contributed by atoms with E-state index in [2.05, 4.69) is 10.3 Å². The highest BCUT2D eigenvalue weighted by atomic mass is 16.5. The van der Waals surface area contributed by atoms with Gasteiger partial charge in [0.05, 0.1) is 12.8 Å². The van der Waals surface area contributed by atoms with Crippen LogP contribution in [0.3, 0.4) is 0 Å². The predicted octanol–water partition coefficient (Wildman–Crippen LogP) is 0.536. The molecule has 0 unspecified atom stereocenters. The summed E-state index contributed by atoms with van der Waals surface area (Å²) < 4.78 is 6.34. The van der Waals surface area contributed by atoms with Crippen LogP contribution < -0.4 is 0 Å². The van der Waals surface area contributed by atoms with Gasteiger partial charge in [-0.05, 0) is 6.08 Å². The average molecular weight is 209 g/mol. The smallest absolute Gasteiger partial charge is 0.328 e. The lowest BCUT2D eigenvalue weighted by Crippen LogP contribution is -1.86. The largest absolute Gasteiger partial charge is 0.478 e. The summed E-state index contributed by atoms with van der Waals surface area (Å²) in [5.41, 5.74) is 0.712. The van der Waals surface area contributed by atoms with Crippen molar-refractivity contribution in [3.63, 3.8) is 0 Å². The zero-order valence-corrected chi connectivity index (χ0v) is 8.20. The molecule has 0 aliphatic rings. The van der Waals surface area contributed by atoms with Crippen molar-refractivity contribution in [2.24, 2.45) is 0 Å². The lowest BCUT2D eigenvalue weighted by Gasteiger charge is -1.88. The molecule has 0 saturated carbocycles. The van der Waals surface area contributed by atoms with Crippen LogP contribution in [0.15, 0.2) is 24.4 Å². The number of hydrogen-bond acceptors (Lipinski definition) is 4. The molecule has 0 atom stereocenters. The normalized spacial score (nSPS) is 11.5. The number of carboxylic acid groups (broad SMARTS) is 1. The minimum Gasteiger partial charge on any atom is -0.478 e. The summed E-state index contributed by atoms with van der Waals surface area (Å²) in [6.45, 7) is 0.402. The van der Waals surface area contributed by atoms with Gasteiger partial charge < -0.3 is 9.84 Å². The van der Waals surface area contributed by atoms with E-state index in [1.54, 1.807) is 25.6 Å². The first kappa shape index (κ1) is 11.1. The Hall–Kier alpha value is -1.95. The maximum atomic E-state index is 10.1. The molecule has 6 heteroatoms. The second kappa shape index (κ2) is 5.71. The third-order valence-corrected chi connectivity index (χ3v) is 1.44. The maximum absolute atomic E-state index is 10.1. The first-order valence-electron chi connectivity index (χ1n) is 4.20. The number of hydrogen-bond donors (Lipinski definition) is 1. The van der Waals surface area contributed by atoms with Gasteiger partial charge >= 0.3 is 5.97 Å². The summed E-state index contributed by atoms with van der Waals surface area (Å²) in [7, 11) is 1.57. The highest BCUT2D eigenvalue weighted by Crippen LogP contribution is 1.95. The van der Waals surface area contributed by atoms with Crippen LogP contribution in [0.4, 0.5) is 0 Å². The SMILES string of the molecule is COCc1cn(/C=C/C=C/C(=O)O)nn1. The van der Waals surface area contributed by atoms with E-state index in [-0.39, 0.29) is 0 Å². The number of ether oxygens (including phenoxy) is 1. The zero-order valence-electron chi connectivity index (χ0n) is 8.20. The van der Waals surface area contributed by atoms with Gasteiger partial charge in [0.25, 0.3) is 0 Å². The van der Waals surface area contributed by atoms with Crippen LogP contribution >= 0.6 is 0 Å². The Morgan fingerprint density at radius 2 is 2.47 bits per heavy atom. The molecule has 1 aromatic heterocycles. The molecule has 1 heterocycles. The van der Waals surface area contributed by atoms with Gasteiger partial charge in [-0.25, -0.2) is 9.48 Å². The van der Waals surface area contributed by atoms with Crippen LogP contribution in [0.25, 0.3) is 6.20 Å². The van der Waals surface area contributed by atoms with Crippen molar-refractivity contribution >= 4 is 12.2 Å². The summed E-state index contributed by atoms with van der Waals surface area (Å²) >= 11 is 0. The van der Waals surface area contributed by atoms with Gasteiger partial charge in [0.15, 0.2) is 0 Å². The molecular weight excluding hydrogens is 198 g/mol. The molecular formula is C9H11N3O3. The van der Waals surface area contributed by atoms with E-state index >= 15 is 0 Å². The molecule has 0 spiro atoms. The molecule has 0 radical (unpaired) electrons. The maximum Gasteiger partial charge on any atom is 0.328 e. The molecule has 0 saturated heterocycles. The minimum absolute atomic E-state index is 0.402. The number of aliphatic carboxylic acids is 1. The minimum atomic E-state index is -0.988. The lowest BCUT2D eigenvalue weighted by atomic mass is 10.5. The van der Waals surface area contributed by atoms with E-state index in [1.165, 1.54) is 10.8 Å². The van der Waals surface area contributed by atoms with Crippen LogP contribution in [0.1, 0.15) is 5.69 Å². The third kappa shape index (κ3) is 4.19. The third-order valence-electron chi connectivity index (χ3n) is 1.44. The Balaban J connectivity index is 2.53. The summed E-state index contributed by atoms with van der Waals surface area (Å²) in [5, 5.41) is 15.9. The standard InChI is InChI=1S/C9H11N3O3/c1-15-7-8-6-12(11-10-8)5-3-2-4-9(13)14/h2-6H,7H2,1H3,(H,13,14)/b4-2+,5-3+. The molecule has 0 aromatic carbocycles. The zero-order chi connectivity index (χ0) is 11.1. The van der Waals surface area contributed by atoms with E-state index in [1.807, 2.05) is 0 Å². The van der Waals surface area contributed by atoms with Gasteiger partial charge in [-0.2, -0.15) is 0 Å². The number of rotatable bonds is 5. The number of carboxylic acids is 1. The summed E-state index contributed by atoms with van der Waals surface area (Å²) in [6, 6.07) is 0. The van der Waals surface area contributed by atoms with Crippen molar-refractivity contribution in [1.29, 1.82) is 0 Å². The first-order valence-corrected chi connectivity index (χ1v) is 4.20. The molecule has 6 nitrogen and oxygen atoms in total. The molecule has 0 bridgehead atoms. The van der Waals surface area contributed by atoms with Crippen molar-refractivity contribution in [1.82, 2.24) is 15.0 Å². The molecule has 0 aliphatic carbocycles. The fourth-order valence-corrected chi connectivity index (χ4v) is 0.876. The van der Waals surface area contributed by atoms with Gasteiger partial charge in [-0.3, -0.25) is 0 Å². The Labute approximate surface area is 86.5 Å². The molecule has 80 valence electrons. The van der Waals surface area contributed by atoms with E-state index in [0.29, 0.717) is 12.3 Å². The van der Waals surface area contributed by atoms with Crippen LogP contribution in [-0.4, -0.2) is 33.2 Å². The molecule has 0 amide bonds. The highest BCUT2D eigenvalue weighted by Gasteiger charge is 1.95. The summed E-state index contributed by atoms with van der Waals surface area (Å²) in [5.74, 6) is -0.988. The van der Waals surface area contributed by atoms with Crippen molar-refractivity contribution in [3.8, 4) is 0 Å². The van der Waals surface area contributed by atoms with Crippen LogP contribution in [0, 0.1) is 0 Å². The van der Waals surface area contributed by atoms with Gasteiger partial charge in [-0.1, -0.05) is 11.3 Å². The monoisotopic (exact) mass is 209 g/mol. The molecule has 0 fully saturated rings. The first-order chi connectivity index (χ1) is 7.22. The number of aromatic nitrogens is 3. The van der Waals surface area contributed by atoms with E-state index in [0.717, 1.165) is 6.08 Å². The lowest BCUT2D eigenvalue weighted by molar-refractivity contribution is -0.131. The number of allylic oxidation sites excluding steroid dienone is 2. The predicted molar refractivity (Wildman–Crippen MR) is 52.8 cm³/mol. The molecule has 15 heavy (non-hydrogen) atoms. The Morgan fingerprint density at radius 1 is 1.67 bits per heavy atom. The number of methoxy groups -OCH3 is 1. The molecule has 1 rings (SSSR count). The van der Waals surface area contributed by atoms with Crippen LogP contribution in [-0.2, 0) is 16.1 Å². The Kier molecular flexibility index (Phi) is 4.24. The Bertz CT molecular complexity index is 382. The number of carbonyl (C=O) groups is 1. The van der Waals surface area contributed by atoms with E-state index in [4.69, 9.17) is 9.84 Å². The van der Waals surface area contributed by atoms with E-state index < -0.39 is 5.97 Å². The van der Waals surface area contributed by atoms with Crippen LogP contribution in [0.5, 0.6) is 0 Å². The average Bonchev–Trinajstić information content (AvgIpc) is 2.61. The van der Waals surface area contributed by atoms with Crippen molar-refractivity contribution < 1.29 is 14.6 Å². The summed E-state index contributed by atoms with van der Waals surface area (Å²) in [4.78, 5) is 10.1. The second-order valence-electron chi connectivity index (χ2n) is 2.66. The van der Waals surface area contributed by atoms with Crippen LogP contribution in [0.2, 0.25) is 0 Å². The fraction of sp³-hybridized carbons (Fsp3) is 0.222. The Morgan fingerprint density at radius 3 is 3.13 bits per heavy atom. The second-order valence-corrected chi connectivity index (χ2v) is 2.66. The van der Waals surface area contributed by atoms with Gasteiger partial charge in [0, 0.05) is 19.4 Å².